The fourth-order valence-electron chi connectivity index (χ4n) is 1.02. The molecule has 8 heteroatoms. The standard InChI is InChI=1S/C11H20BrClN4O2/c1-5-15-8(12)7(9(13)14)6-16-17-10(18)19-11(2,3)4/h14-16H,5-6H2,1-4H3,(H,17,18)/b8-7-,14-9?. The number of rotatable bonds is 6. The van der Waals surface area contributed by atoms with Crippen molar-refractivity contribution in [3.05, 3.63) is 10.2 Å². The van der Waals surface area contributed by atoms with E-state index in [-0.39, 0.29) is 11.7 Å². The van der Waals surface area contributed by atoms with E-state index in [9.17, 15) is 4.79 Å². The van der Waals surface area contributed by atoms with Crippen molar-refractivity contribution in [3.63, 3.8) is 0 Å². The van der Waals surface area contributed by atoms with Crippen LogP contribution in [0.3, 0.4) is 0 Å². The lowest BCUT2D eigenvalue weighted by Gasteiger charge is -2.20. The summed E-state index contributed by atoms with van der Waals surface area (Å²) >= 11 is 8.95. The Morgan fingerprint density at radius 1 is 1.42 bits per heavy atom. The Bertz CT molecular complexity index is 366. The van der Waals surface area contributed by atoms with Crippen molar-refractivity contribution in [3.8, 4) is 0 Å². The molecule has 1 amide bonds. The second-order valence-electron chi connectivity index (χ2n) is 4.62. The molecule has 0 aliphatic carbocycles. The summed E-state index contributed by atoms with van der Waals surface area (Å²) in [5.74, 6) is 0. The third-order valence-corrected chi connectivity index (χ3v) is 2.70. The van der Waals surface area contributed by atoms with Crippen molar-refractivity contribution < 1.29 is 9.53 Å². The van der Waals surface area contributed by atoms with E-state index in [1.807, 2.05) is 6.92 Å². The van der Waals surface area contributed by atoms with Crippen LogP contribution in [0.4, 0.5) is 4.79 Å². The molecule has 4 N–H and O–H groups in total. The number of hydrazine groups is 1. The summed E-state index contributed by atoms with van der Waals surface area (Å²) in [5, 5.41) is 10.3. The number of hydrogen-bond donors (Lipinski definition) is 4. The quantitative estimate of drug-likeness (QED) is 0.335. The molecule has 0 rings (SSSR count). The monoisotopic (exact) mass is 354 g/mol. The van der Waals surface area contributed by atoms with Gasteiger partial charge in [0.1, 0.15) is 10.8 Å². The molecule has 0 saturated carbocycles. The molecule has 0 aliphatic heterocycles. The van der Waals surface area contributed by atoms with Crippen molar-refractivity contribution in [1.29, 1.82) is 5.41 Å². The summed E-state index contributed by atoms with van der Waals surface area (Å²) in [4.78, 5) is 11.4. The van der Waals surface area contributed by atoms with Gasteiger partial charge in [-0.1, -0.05) is 11.6 Å². The molecule has 0 fully saturated rings. The van der Waals surface area contributed by atoms with Crippen LogP contribution in [0.1, 0.15) is 27.7 Å². The van der Waals surface area contributed by atoms with Crippen molar-refractivity contribution in [2.45, 2.75) is 33.3 Å². The van der Waals surface area contributed by atoms with Crippen LogP contribution in [0.5, 0.6) is 0 Å². The van der Waals surface area contributed by atoms with Gasteiger partial charge in [-0.2, -0.15) is 0 Å². The maximum Gasteiger partial charge on any atom is 0.422 e. The number of carbonyl (C=O) groups excluding carboxylic acids is 1. The van der Waals surface area contributed by atoms with Crippen LogP contribution >= 0.6 is 27.5 Å². The summed E-state index contributed by atoms with van der Waals surface area (Å²) in [7, 11) is 0. The lowest BCUT2D eigenvalue weighted by Crippen LogP contribution is -2.42. The maximum atomic E-state index is 11.4. The van der Waals surface area contributed by atoms with E-state index >= 15 is 0 Å². The molecule has 6 nitrogen and oxygen atoms in total. The second kappa shape index (κ2) is 8.39. The first-order valence-corrected chi connectivity index (χ1v) is 6.93. The van der Waals surface area contributed by atoms with Gasteiger partial charge in [0, 0.05) is 18.7 Å². The summed E-state index contributed by atoms with van der Waals surface area (Å²) in [6, 6.07) is 0. The van der Waals surface area contributed by atoms with E-state index in [1.165, 1.54) is 0 Å². The van der Waals surface area contributed by atoms with Crippen LogP contribution in [-0.2, 0) is 4.74 Å². The molecule has 0 radical (unpaired) electrons. The van der Waals surface area contributed by atoms with Crippen LogP contribution in [-0.4, -0.2) is 30.0 Å². The van der Waals surface area contributed by atoms with Crippen LogP contribution in [0.15, 0.2) is 10.2 Å². The number of amides is 1. The normalized spacial score (nSPS) is 12.5. The average molecular weight is 356 g/mol. The Balaban J connectivity index is 4.33. The fourth-order valence-corrected chi connectivity index (χ4v) is 1.92. The SMILES string of the molecule is CCN/C(Br)=C(/CNNC(=O)OC(C)(C)C)C(=N)Cl. The zero-order chi connectivity index (χ0) is 15.1. The van der Waals surface area contributed by atoms with Gasteiger partial charge < -0.3 is 10.1 Å². The van der Waals surface area contributed by atoms with Gasteiger partial charge in [-0.15, -0.1) is 0 Å². The molecule has 0 aromatic heterocycles. The zero-order valence-corrected chi connectivity index (χ0v) is 13.8. The van der Waals surface area contributed by atoms with E-state index in [0.717, 1.165) is 0 Å². The first-order valence-electron chi connectivity index (χ1n) is 5.76. The average Bonchev–Trinajstić information content (AvgIpc) is 2.21. The highest BCUT2D eigenvalue weighted by Gasteiger charge is 2.16. The topological polar surface area (TPSA) is 86.2 Å². The minimum atomic E-state index is -0.590. The molecule has 110 valence electrons. The first kappa shape index (κ1) is 18.2. The Labute approximate surface area is 126 Å². The van der Waals surface area contributed by atoms with E-state index < -0.39 is 11.7 Å². The molecule has 0 aliphatic rings. The highest BCUT2D eigenvalue weighted by Crippen LogP contribution is 2.11. The minimum absolute atomic E-state index is 0.119. The molecule has 0 bridgehead atoms. The van der Waals surface area contributed by atoms with Crippen molar-refractivity contribution in [2.24, 2.45) is 0 Å². The molecule has 0 aromatic rings. The minimum Gasteiger partial charge on any atom is -0.443 e. The number of ether oxygens (including phenoxy) is 1. The van der Waals surface area contributed by atoms with E-state index in [0.29, 0.717) is 16.7 Å². The number of nitrogens with one attached hydrogen (secondary N) is 4. The van der Waals surface area contributed by atoms with Crippen molar-refractivity contribution in [1.82, 2.24) is 16.2 Å². The smallest absolute Gasteiger partial charge is 0.422 e. The van der Waals surface area contributed by atoms with Gasteiger partial charge in [0.25, 0.3) is 0 Å². The molecule has 19 heavy (non-hydrogen) atoms. The predicted octanol–water partition coefficient (Wildman–Crippen LogP) is 2.45. The molecule has 0 spiro atoms. The summed E-state index contributed by atoms with van der Waals surface area (Å²) in [5.41, 5.74) is 4.96. The highest BCUT2D eigenvalue weighted by molar-refractivity contribution is 9.11. The molecule has 0 atom stereocenters. The maximum absolute atomic E-state index is 11.4. The first-order chi connectivity index (χ1) is 8.67. The Kier molecular flexibility index (Phi) is 8.05. The molecule has 0 saturated heterocycles. The Hall–Kier alpha value is -0.790. The number of halogens is 2. The van der Waals surface area contributed by atoms with E-state index in [2.05, 4.69) is 32.1 Å². The summed E-state index contributed by atoms with van der Waals surface area (Å²) in [6.45, 7) is 8.11. The zero-order valence-electron chi connectivity index (χ0n) is 11.5. The third-order valence-electron chi connectivity index (χ3n) is 1.72. The fraction of sp³-hybridized carbons (Fsp3) is 0.636. The van der Waals surface area contributed by atoms with Crippen molar-refractivity contribution in [2.75, 3.05) is 13.1 Å². The molecular formula is C11H20BrClN4O2. The van der Waals surface area contributed by atoms with Gasteiger partial charge in [0.2, 0.25) is 0 Å². The van der Waals surface area contributed by atoms with E-state index in [1.54, 1.807) is 20.8 Å². The molecule has 0 heterocycles. The van der Waals surface area contributed by atoms with Gasteiger partial charge in [-0.3, -0.25) is 10.8 Å². The van der Waals surface area contributed by atoms with Crippen LogP contribution in [0.2, 0.25) is 0 Å². The summed E-state index contributed by atoms with van der Waals surface area (Å²) < 4.78 is 5.65. The van der Waals surface area contributed by atoms with Crippen LogP contribution in [0.25, 0.3) is 0 Å². The van der Waals surface area contributed by atoms with Gasteiger partial charge in [-0.05, 0) is 43.6 Å². The Morgan fingerprint density at radius 2 is 2.00 bits per heavy atom. The molecule has 0 unspecified atom stereocenters. The Morgan fingerprint density at radius 3 is 2.42 bits per heavy atom. The number of carbonyl (C=O) groups is 1. The lowest BCUT2D eigenvalue weighted by atomic mass is 10.2. The van der Waals surface area contributed by atoms with Gasteiger partial charge in [0.05, 0.1) is 4.61 Å². The largest absolute Gasteiger partial charge is 0.443 e. The van der Waals surface area contributed by atoms with Gasteiger partial charge in [-0.25, -0.2) is 10.2 Å². The predicted molar refractivity (Wildman–Crippen MR) is 80.6 cm³/mol. The molecule has 0 aromatic carbocycles. The summed E-state index contributed by atoms with van der Waals surface area (Å²) in [6.07, 6.45) is -0.590. The second-order valence-corrected chi connectivity index (χ2v) is 5.79. The van der Waals surface area contributed by atoms with E-state index in [4.69, 9.17) is 21.7 Å². The lowest BCUT2D eigenvalue weighted by molar-refractivity contribution is 0.0501. The van der Waals surface area contributed by atoms with Crippen LogP contribution in [0, 0.1) is 5.41 Å². The third kappa shape index (κ3) is 8.85. The molecular weight excluding hydrogens is 336 g/mol. The number of hydrogen-bond acceptors (Lipinski definition) is 5. The van der Waals surface area contributed by atoms with Crippen molar-refractivity contribution >= 4 is 38.8 Å². The highest BCUT2D eigenvalue weighted by atomic mass is 79.9. The van der Waals surface area contributed by atoms with Gasteiger partial charge >= 0.3 is 6.09 Å². The van der Waals surface area contributed by atoms with Gasteiger partial charge in [0.15, 0.2) is 0 Å². The van der Waals surface area contributed by atoms with Crippen LogP contribution < -0.4 is 16.2 Å².